The first kappa shape index (κ1) is 16.4. The summed E-state index contributed by atoms with van der Waals surface area (Å²) in [6.07, 6.45) is 4.63. The van der Waals surface area contributed by atoms with Gasteiger partial charge in [-0.15, -0.1) is 11.3 Å². The smallest absolute Gasteiger partial charge is 0.140 e. The lowest BCUT2D eigenvalue weighted by Gasteiger charge is -2.17. The number of hydrogen-bond acceptors (Lipinski definition) is 5. The number of thiazole rings is 1. The molecule has 0 bridgehead atoms. The zero-order valence-electron chi connectivity index (χ0n) is 13.3. The minimum atomic E-state index is -0.225. The van der Waals surface area contributed by atoms with Gasteiger partial charge in [-0.05, 0) is 30.9 Å². The van der Waals surface area contributed by atoms with Gasteiger partial charge in [0.2, 0.25) is 0 Å². The Labute approximate surface area is 141 Å². The minimum absolute atomic E-state index is 0.225. The van der Waals surface area contributed by atoms with Gasteiger partial charge in [0.25, 0.3) is 0 Å². The van der Waals surface area contributed by atoms with E-state index in [4.69, 9.17) is 4.74 Å². The lowest BCUT2D eigenvalue weighted by atomic mass is 10.0. The highest BCUT2D eigenvalue weighted by molar-refractivity contribution is 7.09. The maximum absolute atomic E-state index is 10.1. The van der Waals surface area contributed by atoms with Crippen LogP contribution in [0.25, 0.3) is 0 Å². The van der Waals surface area contributed by atoms with Crippen LogP contribution in [0.15, 0.2) is 35.7 Å². The number of benzene rings is 1. The normalized spacial score (nSPS) is 16.6. The van der Waals surface area contributed by atoms with Gasteiger partial charge in [-0.3, -0.25) is 0 Å². The average molecular weight is 332 g/mol. The maximum Gasteiger partial charge on any atom is 0.140 e. The largest absolute Gasteiger partial charge is 0.486 e. The lowest BCUT2D eigenvalue weighted by Crippen LogP contribution is -2.31. The first-order valence-electron chi connectivity index (χ1n) is 8.31. The van der Waals surface area contributed by atoms with Crippen molar-refractivity contribution >= 4 is 11.3 Å². The first-order chi connectivity index (χ1) is 11.3. The zero-order valence-corrected chi connectivity index (χ0v) is 14.1. The molecule has 1 aromatic carbocycles. The van der Waals surface area contributed by atoms with E-state index in [1.807, 2.05) is 30.3 Å². The summed E-state index contributed by atoms with van der Waals surface area (Å²) in [6, 6.07) is 9.78. The molecule has 1 fully saturated rings. The number of aromatic nitrogens is 1. The molecule has 1 aromatic heterocycles. The zero-order chi connectivity index (χ0) is 15.9. The van der Waals surface area contributed by atoms with Crippen molar-refractivity contribution in [3.05, 3.63) is 46.4 Å². The monoisotopic (exact) mass is 332 g/mol. The molecule has 2 aromatic rings. The van der Waals surface area contributed by atoms with E-state index in [2.05, 4.69) is 15.7 Å². The summed E-state index contributed by atoms with van der Waals surface area (Å²) in [7, 11) is 0. The van der Waals surface area contributed by atoms with Crippen molar-refractivity contribution in [2.45, 2.75) is 44.9 Å². The van der Waals surface area contributed by atoms with E-state index in [0.717, 1.165) is 16.5 Å². The maximum atomic E-state index is 10.1. The molecule has 1 saturated carbocycles. The quantitative estimate of drug-likeness (QED) is 0.778. The summed E-state index contributed by atoms with van der Waals surface area (Å²) in [4.78, 5) is 4.57. The fourth-order valence-corrected chi connectivity index (χ4v) is 3.72. The molecule has 1 unspecified atom stereocenters. The van der Waals surface area contributed by atoms with E-state index >= 15 is 0 Å². The van der Waals surface area contributed by atoms with E-state index < -0.39 is 0 Å². The Hall–Kier alpha value is -1.43. The topological polar surface area (TPSA) is 54.4 Å². The van der Waals surface area contributed by atoms with Gasteiger partial charge in [0, 0.05) is 18.5 Å². The molecule has 2 N–H and O–H groups in total. The van der Waals surface area contributed by atoms with E-state index in [9.17, 15) is 5.11 Å². The second-order valence-electron chi connectivity index (χ2n) is 6.08. The van der Waals surface area contributed by atoms with Crippen molar-refractivity contribution in [2.24, 2.45) is 5.92 Å². The van der Waals surface area contributed by atoms with E-state index in [-0.39, 0.29) is 6.10 Å². The highest BCUT2D eigenvalue weighted by atomic mass is 32.1. The predicted octanol–water partition coefficient (Wildman–Crippen LogP) is 3.36. The van der Waals surface area contributed by atoms with Crippen LogP contribution in [0, 0.1) is 5.92 Å². The number of para-hydroxylation sites is 1. The minimum Gasteiger partial charge on any atom is -0.486 e. The van der Waals surface area contributed by atoms with Crippen LogP contribution >= 0.6 is 11.3 Å². The second kappa shape index (κ2) is 8.43. The molecule has 0 aliphatic heterocycles. The van der Waals surface area contributed by atoms with Crippen molar-refractivity contribution in [3.63, 3.8) is 0 Å². The summed E-state index contributed by atoms with van der Waals surface area (Å²) in [6.45, 7) is 1.85. The second-order valence-corrected chi connectivity index (χ2v) is 7.02. The molecule has 0 radical (unpaired) electrons. The van der Waals surface area contributed by atoms with Gasteiger partial charge >= 0.3 is 0 Å². The number of aliphatic hydroxyl groups excluding tert-OH is 1. The summed E-state index contributed by atoms with van der Waals surface area (Å²) >= 11 is 1.61. The Kier molecular flexibility index (Phi) is 6.02. The highest BCUT2D eigenvalue weighted by Crippen LogP contribution is 2.27. The molecule has 3 rings (SSSR count). The van der Waals surface area contributed by atoms with Gasteiger partial charge in [-0.2, -0.15) is 0 Å². The van der Waals surface area contributed by atoms with Crippen molar-refractivity contribution in [1.82, 2.24) is 10.3 Å². The summed E-state index contributed by atoms with van der Waals surface area (Å²) < 4.78 is 5.70. The van der Waals surface area contributed by atoms with Crippen LogP contribution in [0.3, 0.4) is 0 Å². The Morgan fingerprint density at radius 3 is 2.83 bits per heavy atom. The molecular formula is C18H24N2O2S. The summed E-state index contributed by atoms with van der Waals surface area (Å²) in [5.41, 5.74) is 1.01. The molecule has 5 heteroatoms. The fraction of sp³-hybridized carbons (Fsp3) is 0.500. The molecule has 1 aliphatic rings. The summed E-state index contributed by atoms with van der Waals surface area (Å²) in [5.74, 6) is 1.34. The third-order valence-electron chi connectivity index (χ3n) is 4.31. The van der Waals surface area contributed by atoms with Gasteiger partial charge in [0.1, 0.15) is 17.4 Å². The number of aliphatic hydroxyl groups is 1. The van der Waals surface area contributed by atoms with Gasteiger partial charge in [0.15, 0.2) is 0 Å². The Bertz CT molecular complexity index is 582. The number of nitrogens with zero attached hydrogens (tertiary/aromatic N) is 1. The molecular weight excluding hydrogens is 308 g/mol. The van der Waals surface area contributed by atoms with Crippen LogP contribution in [0.2, 0.25) is 0 Å². The highest BCUT2D eigenvalue weighted by Gasteiger charge is 2.22. The van der Waals surface area contributed by atoms with Gasteiger partial charge < -0.3 is 15.2 Å². The van der Waals surface area contributed by atoms with Crippen molar-refractivity contribution in [3.8, 4) is 5.75 Å². The van der Waals surface area contributed by atoms with Crippen LogP contribution in [0.5, 0.6) is 5.75 Å². The van der Waals surface area contributed by atoms with Crippen LogP contribution in [0.4, 0.5) is 0 Å². The van der Waals surface area contributed by atoms with Crippen LogP contribution in [0.1, 0.15) is 36.4 Å². The van der Waals surface area contributed by atoms with Crippen molar-refractivity contribution in [1.29, 1.82) is 0 Å². The number of rotatable bonds is 8. The average Bonchev–Trinajstić information content (AvgIpc) is 3.26. The Balaban J connectivity index is 1.39. The third kappa shape index (κ3) is 5.03. The van der Waals surface area contributed by atoms with E-state index in [1.54, 1.807) is 11.3 Å². The first-order valence-corrected chi connectivity index (χ1v) is 9.19. The molecule has 4 nitrogen and oxygen atoms in total. The number of nitrogens with one attached hydrogen (secondary N) is 1. The fourth-order valence-electron chi connectivity index (χ4n) is 3.02. The van der Waals surface area contributed by atoms with E-state index in [0.29, 0.717) is 25.6 Å². The molecule has 1 heterocycles. The van der Waals surface area contributed by atoms with Gasteiger partial charge in [0.05, 0.1) is 11.8 Å². The molecule has 0 spiro atoms. The molecule has 0 saturated heterocycles. The summed E-state index contributed by atoms with van der Waals surface area (Å²) in [5, 5.41) is 16.5. The van der Waals surface area contributed by atoms with Gasteiger partial charge in [-0.1, -0.05) is 31.0 Å². The predicted molar refractivity (Wildman–Crippen MR) is 92.6 cm³/mol. The lowest BCUT2D eigenvalue weighted by molar-refractivity contribution is 0.109. The SMILES string of the molecule is OC(CNCc1csc(COc2ccccc2)n1)C1CCCC1. The van der Waals surface area contributed by atoms with Crippen molar-refractivity contribution in [2.75, 3.05) is 6.54 Å². The Morgan fingerprint density at radius 2 is 2.04 bits per heavy atom. The molecule has 1 aliphatic carbocycles. The van der Waals surface area contributed by atoms with Crippen LogP contribution < -0.4 is 10.1 Å². The standard InChI is InChI=1S/C18H24N2O2S/c21-17(14-6-4-5-7-14)11-19-10-15-13-23-18(20-15)12-22-16-8-2-1-3-9-16/h1-3,8-9,13-14,17,19,21H,4-7,10-12H2. The van der Waals surface area contributed by atoms with E-state index in [1.165, 1.54) is 25.7 Å². The van der Waals surface area contributed by atoms with Crippen LogP contribution in [-0.4, -0.2) is 22.7 Å². The molecule has 1 atom stereocenters. The van der Waals surface area contributed by atoms with Gasteiger partial charge in [-0.25, -0.2) is 4.98 Å². The van der Waals surface area contributed by atoms with Crippen molar-refractivity contribution < 1.29 is 9.84 Å². The molecule has 124 valence electrons. The van der Waals surface area contributed by atoms with Crippen LogP contribution in [-0.2, 0) is 13.2 Å². The molecule has 23 heavy (non-hydrogen) atoms. The molecule has 0 amide bonds. The number of ether oxygens (including phenoxy) is 1. The third-order valence-corrected chi connectivity index (χ3v) is 5.18. The number of hydrogen-bond donors (Lipinski definition) is 2. The Morgan fingerprint density at radius 1 is 1.26 bits per heavy atom.